The predicted octanol–water partition coefficient (Wildman–Crippen LogP) is 5.96. The molecule has 1 heterocycles. The topological polar surface area (TPSA) is 47.6 Å². The predicted molar refractivity (Wildman–Crippen MR) is 132 cm³/mol. The van der Waals surface area contributed by atoms with E-state index in [-0.39, 0.29) is 24.0 Å². The van der Waals surface area contributed by atoms with Crippen LogP contribution in [-0.2, 0) is 29.1 Å². The van der Waals surface area contributed by atoms with Crippen LogP contribution in [0.2, 0.25) is 0 Å². The Morgan fingerprint density at radius 2 is 1.85 bits per heavy atom. The smallest absolute Gasteiger partial charge is 0.324 e. The molecule has 1 saturated heterocycles. The Morgan fingerprint density at radius 1 is 1.09 bits per heavy atom. The summed E-state index contributed by atoms with van der Waals surface area (Å²) in [5, 5.41) is 3.47. The molecule has 0 radical (unpaired) electrons. The first-order valence-electron chi connectivity index (χ1n) is 11.5. The maximum absolute atomic E-state index is 12.9. The molecule has 0 amide bonds. The fourth-order valence-corrected chi connectivity index (χ4v) is 5.60. The first-order chi connectivity index (χ1) is 16.0. The van der Waals surface area contributed by atoms with Crippen molar-refractivity contribution >= 4 is 21.9 Å². The van der Waals surface area contributed by atoms with Crippen LogP contribution in [0.15, 0.2) is 65.1 Å². The van der Waals surface area contributed by atoms with Gasteiger partial charge in [-0.05, 0) is 61.1 Å². The van der Waals surface area contributed by atoms with E-state index < -0.39 is 0 Å². The van der Waals surface area contributed by atoms with Crippen molar-refractivity contribution in [2.75, 3.05) is 0 Å². The quantitative estimate of drug-likeness (QED) is 0.419. The van der Waals surface area contributed by atoms with Crippen LogP contribution in [0.4, 0.5) is 0 Å². The van der Waals surface area contributed by atoms with Gasteiger partial charge in [-0.25, -0.2) is 0 Å². The molecule has 5 rings (SSSR count). The van der Waals surface area contributed by atoms with Crippen molar-refractivity contribution in [3.8, 4) is 5.75 Å². The van der Waals surface area contributed by atoms with Gasteiger partial charge in [0.05, 0.1) is 0 Å². The molecule has 2 aliphatic rings. The zero-order chi connectivity index (χ0) is 22.9. The lowest BCUT2D eigenvalue weighted by Crippen LogP contribution is -2.39. The summed E-state index contributed by atoms with van der Waals surface area (Å²) >= 11 is 3.60. The first-order valence-corrected chi connectivity index (χ1v) is 12.3. The van der Waals surface area contributed by atoms with Gasteiger partial charge in [0.15, 0.2) is 0 Å². The van der Waals surface area contributed by atoms with Crippen molar-refractivity contribution in [1.29, 1.82) is 0 Å². The molecule has 3 aromatic carbocycles. The Kier molecular flexibility index (Phi) is 6.26. The number of benzene rings is 3. The Balaban J connectivity index is 1.39. The molecule has 1 N–H and O–H groups in total. The standard InChI is InChI=1S/C28H28BrNO3/c1-17-14-24(32-16-20-10-6-7-11-23(20)29)18(2)25-21(17)12-13-22-26(28(31)33-27(22)25)30-15-19-8-4-3-5-9-19/h3-11,14,22,26-27,30H,12-13,15-16H2,1-2H3/t22-,26?,27+/m0/s1. The van der Waals surface area contributed by atoms with Crippen molar-refractivity contribution in [2.24, 2.45) is 5.92 Å². The van der Waals surface area contributed by atoms with E-state index in [9.17, 15) is 4.79 Å². The molecule has 0 aromatic heterocycles. The monoisotopic (exact) mass is 505 g/mol. The lowest BCUT2D eigenvalue weighted by atomic mass is 9.76. The normalized spacial score (nSPS) is 21.3. The highest BCUT2D eigenvalue weighted by molar-refractivity contribution is 9.10. The van der Waals surface area contributed by atoms with E-state index in [1.54, 1.807) is 0 Å². The SMILES string of the molecule is Cc1cc(OCc2ccccc2Br)c(C)c2c1CC[C@H]1C(NCc3ccccc3)C(=O)O[C@@H]21. The number of esters is 1. The molecular formula is C28H28BrNO3. The number of hydrogen-bond donors (Lipinski definition) is 1. The number of hydrogen-bond acceptors (Lipinski definition) is 4. The Bertz CT molecular complexity index is 1180. The zero-order valence-corrected chi connectivity index (χ0v) is 20.5. The highest BCUT2D eigenvalue weighted by Gasteiger charge is 2.48. The van der Waals surface area contributed by atoms with E-state index >= 15 is 0 Å². The molecule has 3 aromatic rings. The van der Waals surface area contributed by atoms with Crippen LogP contribution in [-0.4, -0.2) is 12.0 Å². The molecule has 4 nitrogen and oxygen atoms in total. The lowest BCUT2D eigenvalue weighted by molar-refractivity contribution is -0.143. The summed E-state index contributed by atoms with van der Waals surface area (Å²) in [5.74, 6) is 0.843. The summed E-state index contributed by atoms with van der Waals surface area (Å²) < 4.78 is 13.3. The molecule has 1 fully saturated rings. The largest absolute Gasteiger partial charge is 0.489 e. The third-order valence-corrected chi connectivity index (χ3v) is 7.73. The molecule has 1 unspecified atom stereocenters. The van der Waals surface area contributed by atoms with Crippen molar-refractivity contribution in [1.82, 2.24) is 5.32 Å². The second kappa shape index (κ2) is 9.32. The minimum absolute atomic E-state index is 0.130. The van der Waals surface area contributed by atoms with Crippen LogP contribution in [0.3, 0.4) is 0 Å². The average Bonchev–Trinajstić information content (AvgIpc) is 3.15. The van der Waals surface area contributed by atoms with Crippen LogP contribution in [0.5, 0.6) is 5.75 Å². The van der Waals surface area contributed by atoms with E-state index in [1.807, 2.05) is 36.4 Å². The van der Waals surface area contributed by atoms with Gasteiger partial charge in [0, 0.05) is 28.1 Å². The van der Waals surface area contributed by atoms with Gasteiger partial charge in [-0.1, -0.05) is 64.5 Å². The second-order valence-electron chi connectivity index (χ2n) is 8.99. The number of ether oxygens (including phenoxy) is 2. The van der Waals surface area contributed by atoms with E-state index in [0.29, 0.717) is 13.2 Å². The molecule has 0 bridgehead atoms. The van der Waals surface area contributed by atoms with Gasteiger partial charge < -0.3 is 9.47 Å². The van der Waals surface area contributed by atoms with Crippen LogP contribution in [0.1, 0.15) is 45.9 Å². The maximum atomic E-state index is 12.9. The summed E-state index contributed by atoms with van der Waals surface area (Å²) in [4.78, 5) is 12.9. The molecule has 170 valence electrons. The molecule has 1 aliphatic heterocycles. The summed E-state index contributed by atoms with van der Waals surface area (Å²) in [6.45, 7) is 5.36. The molecule has 0 spiro atoms. The molecule has 0 saturated carbocycles. The maximum Gasteiger partial charge on any atom is 0.324 e. The number of halogens is 1. The number of aryl methyl sites for hydroxylation is 1. The number of carbonyl (C=O) groups excluding carboxylic acids is 1. The minimum atomic E-state index is -0.284. The molecule has 1 aliphatic carbocycles. The number of rotatable bonds is 6. The second-order valence-corrected chi connectivity index (χ2v) is 9.85. The first kappa shape index (κ1) is 22.2. The Morgan fingerprint density at radius 3 is 2.64 bits per heavy atom. The fourth-order valence-electron chi connectivity index (χ4n) is 5.20. The summed E-state index contributed by atoms with van der Waals surface area (Å²) in [5.41, 5.74) is 6.99. The zero-order valence-electron chi connectivity index (χ0n) is 18.9. The Hall–Kier alpha value is -2.63. The van der Waals surface area contributed by atoms with Gasteiger partial charge >= 0.3 is 5.97 Å². The van der Waals surface area contributed by atoms with E-state index in [4.69, 9.17) is 9.47 Å². The van der Waals surface area contributed by atoms with Crippen LogP contribution < -0.4 is 10.1 Å². The molecule has 33 heavy (non-hydrogen) atoms. The van der Waals surface area contributed by atoms with Gasteiger partial charge in [0.2, 0.25) is 0 Å². The highest BCUT2D eigenvalue weighted by atomic mass is 79.9. The van der Waals surface area contributed by atoms with Crippen molar-refractivity contribution in [2.45, 2.75) is 52.0 Å². The fraction of sp³-hybridized carbons (Fsp3) is 0.321. The van der Waals surface area contributed by atoms with Gasteiger partial charge in [0.25, 0.3) is 0 Å². The molecule has 3 atom stereocenters. The van der Waals surface area contributed by atoms with E-state index in [1.165, 1.54) is 16.7 Å². The van der Waals surface area contributed by atoms with E-state index in [2.05, 4.69) is 59.4 Å². The lowest BCUT2D eigenvalue weighted by Gasteiger charge is -2.32. The summed E-state index contributed by atoms with van der Waals surface area (Å²) in [6, 6.07) is 20.1. The third-order valence-electron chi connectivity index (χ3n) is 6.96. The van der Waals surface area contributed by atoms with Crippen LogP contribution in [0, 0.1) is 19.8 Å². The van der Waals surface area contributed by atoms with Crippen molar-refractivity contribution in [3.05, 3.63) is 98.5 Å². The van der Waals surface area contributed by atoms with Crippen molar-refractivity contribution in [3.63, 3.8) is 0 Å². The number of fused-ring (bicyclic) bond motifs is 3. The van der Waals surface area contributed by atoms with Gasteiger partial charge in [-0.2, -0.15) is 0 Å². The average molecular weight is 506 g/mol. The summed E-state index contributed by atoms with van der Waals surface area (Å²) in [7, 11) is 0. The number of carbonyl (C=O) groups is 1. The minimum Gasteiger partial charge on any atom is -0.489 e. The van der Waals surface area contributed by atoms with E-state index in [0.717, 1.165) is 39.8 Å². The molecule has 5 heteroatoms. The molecular weight excluding hydrogens is 478 g/mol. The number of nitrogens with one attached hydrogen (secondary N) is 1. The third kappa shape index (κ3) is 4.32. The van der Waals surface area contributed by atoms with Crippen LogP contribution in [0.25, 0.3) is 0 Å². The Labute approximate surface area is 203 Å². The highest BCUT2D eigenvalue weighted by Crippen LogP contribution is 2.48. The van der Waals surface area contributed by atoms with Gasteiger partial charge in [-0.3, -0.25) is 10.1 Å². The van der Waals surface area contributed by atoms with Crippen LogP contribution >= 0.6 is 15.9 Å². The van der Waals surface area contributed by atoms with Crippen molar-refractivity contribution < 1.29 is 14.3 Å². The van der Waals surface area contributed by atoms with Gasteiger partial charge in [0.1, 0.15) is 24.5 Å². The van der Waals surface area contributed by atoms with Gasteiger partial charge in [-0.15, -0.1) is 0 Å². The summed E-state index contributed by atoms with van der Waals surface area (Å²) in [6.07, 6.45) is 1.67.